The van der Waals surface area contributed by atoms with E-state index in [1.165, 1.54) is 0 Å². The molecule has 1 aromatic carbocycles. The molecule has 0 aromatic heterocycles. The third-order valence-corrected chi connectivity index (χ3v) is 3.64. The topological polar surface area (TPSA) is 59.6 Å². The van der Waals surface area contributed by atoms with Crippen LogP contribution in [0.2, 0.25) is 0 Å². The molecule has 1 amide bonds. The maximum absolute atomic E-state index is 11.8. The van der Waals surface area contributed by atoms with E-state index in [2.05, 4.69) is 16.7 Å². The average Bonchev–Trinajstić information content (AvgIpc) is 2.50. The van der Waals surface area contributed by atoms with Crippen LogP contribution in [0.25, 0.3) is 0 Å². The van der Waals surface area contributed by atoms with Gasteiger partial charge in [-0.15, -0.1) is 12.4 Å². The van der Waals surface area contributed by atoms with Crippen LogP contribution in [-0.4, -0.2) is 45.4 Å². The second kappa shape index (κ2) is 9.66. The average molecular weight is 329 g/mol. The van der Waals surface area contributed by atoms with Gasteiger partial charge in [-0.2, -0.15) is 0 Å². The van der Waals surface area contributed by atoms with Crippen LogP contribution in [-0.2, 0) is 16.0 Å². The van der Waals surface area contributed by atoms with Crippen molar-refractivity contribution >= 4 is 18.3 Å². The van der Waals surface area contributed by atoms with Gasteiger partial charge in [0.15, 0.2) is 0 Å². The number of aryl methyl sites for hydroxylation is 1. The maximum atomic E-state index is 11.8. The fraction of sp³-hybridized carbons (Fsp3) is 0.562. The molecule has 1 aliphatic heterocycles. The Morgan fingerprint density at radius 3 is 3.00 bits per heavy atom. The highest BCUT2D eigenvalue weighted by molar-refractivity contribution is 5.85. The number of amides is 1. The van der Waals surface area contributed by atoms with Gasteiger partial charge in [0, 0.05) is 25.6 Å². The zero-order valence-corrected chi connectivity index (χ0v) is 14.0. The number of rotatable bonds is 6. The highest BCUT2D eigenvalue weighted by Gasteiger charge is 2.16. The Morgan fingerprint density at radius 1 is 1.50 bits per heavy atom. The largest absolute Gasteiger partial charge is 0.496 e. The van der Waals surface area contributed by atoms with Crippen molar-refractivity contribution in [3.8, 4) is 5.75 Å². The number of methoxy groups -OCH3 is 1. The van der Waals surface area contributed by atoms with Crippen molar-refractivity contribution in [2.75, 3.05) is 33.4 Å². The Bertz CT molecular complexity index is 476. The molecule has 5 nitrogen and oxygen atoms in total. The van der Waals surface area contributed by atoms with Crippen molar-refractivity contribution in [2.24, 2.45) is 0 Å². The summed E-state index contributed by atoms with van der Waals surface area (Å²) in [5.74, 6) is 0.958. The Kier molecular flexibility index (Phi) is 8.24. The molecular formula is C16H25ClN2O3. The van der Waals surface area contributed by atoms with Crippen LogP contribution in [0.3, 0.4) is 0 Å². The smallest absolute Gasteiger partial charge is 0.221 e. The summed E-state index contributed by atoms with van der Waals surface area (Å²) in [6.45, 7) is 4.82. The first kappa shape index (κ1) is 18.7. The molecule has 6 heteroatoms. The maximum Gasteiger partial charge on any atom is 0.221 e. The molecule has 0 aliphatic carbocycles. The number of morpholine rings is 1. The minimum atomic E-state index is 0. The third kappa shape index (κ3) is 5.83. The first-order valence-corrected chi connectivity index (χ1v) is 7.40. The molecule has 1 heterocycles. The van der Waals surface area contributed by atoms with Gasteiger partial charge in [0.25, 0.3) is 0 Å². The normalized spacial score (nSPS) is 17.5. The predicted octanol–water partition coefficient (Wildman–Crippen LogP) is 1.46. The van der Waals surface area contributed by atoms with E-state index in [-0.39, 0.29) is 24.4 Å². The lowest BCUT2D eigenvalue weighted by Crippen LogP contribution is -2.44. The SMILES string of the molecule is COc1cc(CCNC(=O)CC2COCCN2)ccc1C.Cl. The lowest BCUT2D eigenvalue weighted by atomic mass is 10.1. The summed E-state index contributed by atoms with van der Waals surface area (Å²) < 4.78 is 10.6. The second-order valence-corrected chi connectivity index (χ2v) is 5.33. The van der Waals surface area contributed by atoms with E-state index in [1.807, 2.05) is 19.1 Å². The summed E-state index contributed by atoms with van der Waals surface area (Å²) >= 11 is 0. The molecule has 0 spiro atoms. The van der Waals surface area contributed by atoms with Crippen LogP contribution >= 0.6 is 12.4 Å². The lowest BCUT2D eigenvalue weighted by Gasteiger charge is -2.23. The first-order valence-electron chi connectivity index (χ1n) is 7.40. The Labute approximate surface area is 138 Å². The molecule has 1 saturated heterocycles. The van der Waals surface area contributed by atoms with Crippen LogP contribution in [0.4, 0.5) is 0 Å². The molecular weight excluding hydrogens is 304 g/mol. The summed E-state index contributed by atoms with van der Waals surface area (Å²) in [7, 11) is 1.67. The highest BCUT2D eigenvalue weighted by Crippen LogP contribution is 2.18. The fourth-order valence-corrected chi connectivity index (χ4v) is 2.41. The predicted molar refractivity (Wildman–Crippen MR) is 88.9 cm³/mol. The van der Waals surface area contributed by atoms with Gasteiger partial charge in [0.1, 0.15) is 5.75 Å². The van der Waals surface area contributed by atoms with Gasteiger partial charge >= 0.3 is 0 Å². The van der Waals surface area contributed by atoms with Crippen LogP contribution < -0.4 is 15.4 Å². The standard InChI is InChI=1S/C16H24N2O3.ClH/c1-12-3-4-13(9-15(12)20-2)5-6-18-16(19)10-14-11-21-8-7-17-14;/h3-4,9,14,17H,5-8,10-11H2,1-2H3,(H,18,19);1H. The van der Waals surface area contributed by atoms with E-state index in [0.29, 0.717) is 19.6 Å². The molecule has 0 saturated carbocycles. The summed E-state index contributed by atoms with van der Waals surface area (Å²) in [5.41, 5.74) is 2.28. The Hall–Kier alpha value is -1.30. The van der Waals surface area contributed by atoms with E-state index in [0.717, 1.165) is 36.4 Å². The molecule has 1 fully saturated rings. The van der Waals surface area contributed by atoms with Crippen molar-refractivity contribution in [1.29, 1.82) is 0 Å². The molecule has 1 unspecified atom stereocenters. The number of benzene rings is 1. The van der Waals surface area contributed by atoms with Crippen LogP contribution in [0.15, 0.2) is 18.2 Å². The molecule has 2 rings (SSSR count). The molecule has 1 atom stereocenters. The number of ether oxygens (including phenoxy) is 2. The number of hydrogen-bond acceptors (Lipinski definition) is 4. The van der Waals surface area contributed by atoms with E-state index in [9.17, 15) is 4.79 Å². The fourth-order valence-electron chi connectivity index (χ4n) is 2.41. The molecule has 1 aromatic rings. The van der Waals surface area contributed by atoms with Crippen molar-refractivity contribution in [3.63, 3.8) is 0 Å². The third-order valence-electron chi connectivity index (χ3n) is 3.64. The van der Waals surface area contributed by atoms with Crippen LogP contribution in [0, 0.1) is 6.92 Å². The molecule has 0 bridgehead atoms. The van der Waals surface area contributed by atoms with Gasteiger partial charge in [-0.05, 0) is 30.5 Å². The van der Waals surface area contributed by atoms with E-state index < -0.39 is 0 Å². The molecule has 1 aliphatic rings. The van der Waals surface area contributed by atoms with E-state index in [4.69, 9.17) is 9.47 Å². The lowest BCUT2D eigenvalue weighted by molar-refractivity contribution is -0.122. The molecule has 0 radical (unpaired) electrons. The molecule has 2 N–H and O–H groups in total. The van der Waals surface area contributed by atoms with Crippen LogP contribution in [0.5, 0.6) is 5.75 Å². The van der Waals surface area contributed by atoms with Gasteiger partial charge in [-0.1, -0.05) is 12.1 Å². The first-order chi connectivity index (χ1) is 10.2. The Morgan fingerprint density at radius 2 is 2.32 bits per heavy atom. The minimum absolute atomic E-state index is 0. The zero-order valence-electron chi connectivity index (χ0n) is 13.2. The summed E-state index contributed by atoms with van der Waals surface area (Å²) in [5, 5.41) is 6.23. The van der Waals surface area contributed by atoms with Crippen molar-refractivity contribution in [3.05, 3.63) is 29.3 Å². The summed E-state index contributed by atoms with van der Waals surface area (Å²) in [6, 6.07) is 6.27. The quantitative estimate of drug-likeness (QED) is 0.830. The van der Waals surface area contributed by atoms with Gasteiger partial charge in [0.2, 0.25) is 5.91 Å². The summed E-state index contributed by atoms with van der Waals surface area (Å²) in [4.78, 5) is 11.8. The number of halogens is 1. The van der Waals surface area contributed by atoms with E-state index in [1.54, 1.807) is 7.11 Å². The van der Waals surface area contributed by atoms with Crippen molar-refractivity contribution in [2.45, 2.75) is 25.8 Å². The molecule has 22 heavy (non-hydrogen) atoms. The van der Waals surface area contributed by atoms with E-state index >= 15 is 0 Å². The Balaban J connectivity index is 0.00000242. The minimum Gasteiger partial charge on any atom is -0.496 e. The molecule has 124 valence electrons. The second-order valence-electron chi connectivity index (χ2n) is 5.33. The van der Waals surface area contributed by atoms with Gasteiger partial charge in [-0.3, -0.25) is 4.79 Å². The van der Waals surface area contributed by atoms with Gasteiger partial charge in [0.05, 0.1) is 20.3 Å². The highest BCUT2D eigenvalue weighted by atomic mass is 35.5. The number of nitrogens with one attached hydrogen (secondary N) is 2. The number of carbonyl (C=O) groups is 1. The summed E-state index contributed by atoms with van der Waals surface area (Å²) in [6.07, 6.45) is 1.27. The number of carbonyl (C=O) groups excluding carboxylic acids is 1. The van der Waals surface area contributed by atoms with Gasteiger partial charge in [-0.25, -0.2) is 0 Å². The van der Waals surface area contributed by atoms with Gasteiger partial charge < -0.3 is 20.1 Å². The van der Waals surface area contributed by atoms with Crippen molar-refractivity contribution < 1.29 is 14.3 Å². The van der Waals surface area contributed by atoms with Crippen molar-refractivity contribution in [1.82, 2.24) is 10.6 Å². The zero-order chi connectivity index (χ0) is 15.1. The van der Waals surface area contributed by atoms with Crippen LogP contribution in [0.1, 0.15) is 17.5 Å². The number of hydrogen-bond donors (Lipinski definition) is 2. The monoisotopic (exact) mass is 328 g/mol.